The molecule has 2 aromatic rings. The van der Waals surface area contributed by atoms with Crippen LogP contribution >= 0.6 is 11.6 Å². The first-order valence-corrected chi connectivity index (χ1v) is 6.02. The second-order valence-corrected chi connectivity index (χ2v) is 4.35. The molecule has 0 aliphatic carbocycles. The molecule has 98 valence electrons. The molecule has 0 radical (unpaired) electrons. The summed E-state index contributed by atoms with van der Waals surface area (Å²) in [5.41, 5.74) is 0.699. The zero-order chi connectivity index (χ0) is 13.0. The van der Waals surface area contributed by atoms with Gasteiger partial charge in [0.25, 0.3) is 0 Å². The summed E-state index contributed by atoms with van der Waals surface area (Å²) >= 11 is 5.88. The summed E-state index contributed by atoms with van der Waals surface area (Å²) in [7, 11) is 1.60. The second kappa shape index (κ2) is 6.20. The highest BCUT2D eigenvalue weighted by molar-refractivity contribution is 6.31. The Morgan fingerprint density at radius 2 is 2.17 bits per heavy atom. The molecule has 0 saturated carbocycles. The molecule has 0 amide bonds. The normalized spacial score (nSPS) is 13.1. The molecule has 1 N–H and O–H groups in total. The van der Waals surface area contributed by atoms with Crippen molar-refractivity contribution in [1.29, 1.82) is 0 Å². The van der Waals surface area contributed by atoms with Crippen LogP contribution in [0.2, 0.25) is 5.02 Å². The molecule has 0 saturated heterocycles. The first-order valence-electron chi connectivity index (χ1n) is 5.64. The number of benzene rings is 1. The third-order valence-electron chi connectivity index (χ3n) is 2.53. The minimum Gasteiger partial charge on any atom is -0.458 e. The summed E-state index contributed by atoms with van der Waals surface area (Å²) in [6, 6.07) is 7.09. The zero-order valence-electron chi connectivity index (χ0n) is 10.1. The summed E-state index contributed by atoms with van der Waals surface area (Å²) in [5, 5.41) is 11.4. The van der Waals surface area contributed by atoms with Crippen molar-refractivity contribution < 1.29 is 19.0 Å². The van der Waals surface area contributed by atoms with E-state index in [-0.39, 0.29) is 6.61 Å². The molecule has 1 aromatic carbocycles. The maximum absolute atomic E-state index is 9.90. The predicted octanol–water partition coefficient (Wildman–Crippen LogP) is 2.78. The summed E-state index contributed by atoms with van der Waals surface area (Å²) in [4.78, 5) is 0. The van der Waals surface area contributed by atoms with E-state index >= 15 is 0 Å². The van der Waals surface area contributed by atoms with Gasteiger partial charge < -0.3 is 19.0 Å². The molecule has 1 heterocycles. The predicted molar refractivity (Wildman–Crippen MR) is 68.9 cm³/mol. The third kappa shape index (κ3) is 3.23. The molecule has 2 rings (SSSR count). The van der Waals surface area contributed by atoms with Crippen molar-refractivity contribution in [2.45, 2.75) is 6.10 Å². The van der Waals surface area contributed by atoms with E-state index in [0.29, 0.717) is 29.6 Å². The third-order valence-corrected chi connectivity index (χ3v) is 2.77. The van der Waals surface area contributed by atoms with Gasteiger partial charge in [0.1, 0.15) is 17.4 Å². The van der Waals surface area contributed by atoms with Crippen LogP contribution in [-0.2, 0) is 9.47 Å². The molecular formula is C13H15ClO4. The Labute approximate surface area is 110 Å². The number of aliphatic hydroxyl groups excluding tert-OH is 1. The number of ether oxygens (including phenoxy) is 2. The lowest BCUT2D eigenvalue weighted by Crippen LogP contribution is -2.09. The lowest BCUT2D eigenvalue weighted by Gasteiger charge is -2.07. The standard InChI is InChI=1S/C13H15ClO4/c1-16-4-5-17-8-11(15)13-7-9-6-10(14)2-3-12(9)18-13/h2-3,6-7,11,15H,4-5,8H2,1H3. The summed E-state index contributed by atoms with van der Waals surface area (Å²) in [6.07, 6.45) is -0.784. The molecule has 0 fully saturated rings. The quantitative estimate of drug-likeness (QED) is 0.820. The number of rotatable bonds is 6. The van der Waals surface area contributed by atoms with Gasteiger partial charge in [-0.15, -0.1) is 0 Å². The smallest absolute Gasteiger partial charge is 0.136 e. The Bertz CT molecular complexity index is 509. The van der Waals surface area contributed by atoms with Crippen molar-refractivity contribution in [3.8, 4) is 0 Å². The van der Waals surface area contributed by atoms with Crippen LogP contribution < -0.4 is 0 Å². The van der Waals surface area contributed by atoms with Gasteiger partial charge >= 0.3 is 0 Å². The molecular weight excluding hydrogens is 256 g/mol. The second-order valence-electron chi connectivity index (χ2n) is 3.91. The van der Waals surface area contributed by atoms with Crippen LogP contribution in [0.15, 0.2) is 28.7 Å². The van der Waals surface area contributed by atoms with Gasteiger partial charge in [-0.1, -0.05) is 11.6 Å². The van der Waals surface area contributed by atoms with E-state index in [1.807, 2.05) is 0 Å². The SMILES string of the molecule is COCCOCC(O)c1cc2cc(Cl)ccc2o1. The van der Waals surface area contributed by atoms with Crippen LogP contribution in [0, 0.1) is 0 Å². The van der Waals surface area contributed by atoms with Gasteiger partial charge in [0.2, 0.25) is 0 Å². The van der Waals surface area contributed by atoms with Gasteiger partial charge in [0, 0.05) is 17.5 Å². The zero-order valence-corrected chi connectivity index (χ0v) is 10.8. The van der Waals surface area contributed by atoms with Crippen LogP contribution in [0.5, 0.6) is 0 Å². The van der Waals surface area contributed by atoms with Crippen LogP contribution in [0.25, 0.3) is 11.0 Å². The maximum Gasteiger partial charge on any atom is 0.136 e. The molecule has 18 heavy (non-hydrogen) atoms. The van der Waals surface area contributed by atoms with Gasteiger partial charge in [-0.2, -0.15) is 0 Å². The average Bonchev–Trinajstić information content (AvgIpc) is 2.77. The molecule has 0 spiro atoms. The number of aliphatic hydroxyl groups is 1. The minimum absolute atomic E-state index is 0.177. The van der Waals surface area contributed by atoms with Gasteiger partial charge in [0.05, 0.1) is 19.8 Å². The number of hydrogen-bond donors (Lipinski definition) is 1. The van der Waals surface area contributed by atoms with Crippen molar-refractivity contribution in [2.75, 3.05) is 26.9 Å². The maximum atomic E-state index is 9.90. The largest absolute Gasteiger partial charge is 0.458 e. The number of furan rings is 1. The van der Waals surface area contributed by atoms with Gasteiger partial charge in [-0.3, -0.25) is 0 Å². The Morgan fingerprint density at radius 3 is 2.94 bits per heavy atom. The number of fused-ring (bicyclic) bond motifs is 1. The molecule has 0 bridgehead atoms. The van der Waals surface area contributed by atoms with E-state index in [9.17, 15) is 5.11 Å². The molecule has 1 unspecified atom stereocenters. The minimum atomic E-state index is -0.784. The molecule has 1 aromatic heterocycles. The number of methoxy groups -OCH3 is 1. The molecule has 5 heteroatoms. The van der Waals surface area contributed by atoms with Gasteiger partial charge in [-0.25, -0.2) is 0 Å². The lowest BCUT2D eigenvalue weighted by atomic mass is 10.2. The summed E-state index contributed by atoms with van der Waals surface area (Å²) in [5.74, 6) is 0.477. The molecule has 1 atom stereocenters. The van der Waals surface area contributed by atoms with E-state index in [0.717, 1.165) is 5.39 Å². The van der Waals surface area contributed by atoms with Crippen LogP contribution in [-0.4, -0.2) is 32.0 Å². The molecule has 0 aliphatic rings. The van der Waals surface area contributed by atoms with Crippen LogP contribution in [0.3, 0.4) is 0 Å². The van der Waals surface area contributed by atoms with Gasteiger partial charge in [-0.05, 0) is 24.3 Å². The molecule has 4 nitrogen and oxygen atoms in total. The van der Waals surface area contributed by atoms with Gasteiger partial charge in [0.15, 0.2) is 0 Å². The number of hydrogen-bond acceptors (Lipinski definition) is 4. The van der Waals surface area contributed by atoms with Crippen LogP contribution in [0.4, 0.5) is 0 Å². The highest BCUT2D eigenvalue weighted by atomic mass is 35.5. The highest BCUT2D eigenvalue weighted by Crippen LogP contribution is 2.26. The van der Waals surface area contributed by atoms with E-state index in [4.69, 9.17) is 25.5 Å². The Balaban J connectivity index is 2.01. The topological polar surface area (TPSA) is 51.8 Å². The first-order chi connectivity index (χ1) is 8.70. The fraction of sp³-hybridized carbons (Fsp3) is 0.385. The van der Waals surface area contributed by atoms with Crippen molar-refractivity contribution in [2.24, 2.45) is 0 Å². The Kier molecular flexibility index (Phi) is 4.60. The van der Waals surface area contributed by atoms with Crippen molar-refractivity contribution in [3.63, 3.8) is 0 Å². The fourth-order valence-corrected chi connectivity index (χ4v) is 1.80. The average molecular weight is 271 g/mol. The van der Waals surface area contributed by atoms with Crippen molar-refractivity contribution >= 4 is 22.6 Å². The van der Waals surface area contributed by atoms with E-state index < -0.39 is 6.10 Å². The van der Waals surface area contributed by atoms with E-state index in [1.54, 1.807) is 31.4 Å². The van der Waals surface area contributed by atoms with E-state index in [1.165, 1.54) is 0 Å². The van der Waals surface area contributed by atoms with Crippen LogP contribution in [0.1, 0.15) is 11.9 Å². The lowest BCUT2D eigenvalue weighted by molar-refractivity contribution is 0.00524. The number of halogens is 1. The summed E-state index contributed by atoms with van der Waals surface area (Å²) < 4.78 is 15.6. The fourth-order valence-electron chi connectivity index (χ4n) is 1.62. The summed E-state index contributed by atoms with van der Waals surface area (Å²) in [6.45, 7) is 1.12. The highest BCUT2D eigenvalue weighted by Gasteiger charge is 2.13. The van der Waals surface area contributed by atoms with Crippen molar-refractivity contribution in [3.05, 3.63) is 35.0 Å². The van der Waals surface area contributed by atoms with E-state index in [2.05, 4.69) is 0 Å². The Morgan fingerprint density at radius 1 is 1.33 bits per heavy atom. The van der Waals surface area contributed by atoms with Crippen molar-refractivity contribution in [1.82, 2.24) is 0 Å². The molecule has 0 aliphatic heterocycles. The first kappa shape index (κ1) is 13.4. The monoisotopic (exact) mass is 270 g/mol. The Hall–Kier alpha value is -1.07.